The summed E-state index contributed by atoms with van der Waals surface area (Å²) in [5.41, 5.74) is 3.38. The van der Waals surface area contributed by atoms with E-state index in [2.05, 4.69) is 22.3 Å². The minimum absolute atomic E-state index is 0.0916. The molecule has 0 aliphatic carbocycles. The van der Waals surface area contributed by atoms with Crippen LogP contribution < -0.4 is 10.1 Å². The van der Waals surface area contributed by atoms with E-state index in [1.54, 1.807) is 24.3 Å². The number of carbonyl (C=O) groups is 2. The van der Waals surface area contributed by atoms with Crippen molar-refractivity contribution in [3.63, 3.8) is 0 Å². The van der Waals surface area contributed by atoms with E-state index < -0.39 is 5.97 Å². The Hall–Kier alpha value is -3.71. The zero-order valence-corrected chi connectivity index (χ0v) is 18.9. The highest BCUT2D eigenvalue weighted by atomic mass is 19.1. The van der Waals surface area contributed by atoms with Gasteiger partial charge in [-0.3, -0.25) is 9.69 Å². The molecule has 0 unspecified atom stereocenters. The molecule has 0 saturated heterocycles. The Balaban J connectivity index is 1.44. The van der Waals surface area contributed by atoms with E-state index in [1.165, 1.54) is 29.8 Å². The average Bonchev–Trinajstić information content (AvgIpc) is 2.84. The third-order valence-corrected chi connectivity index (χ3v) is 6.13. The van der Waals surface area contributed by atoms with E-state index in [0.717, 1.165) is 11.1 Å². The summed E-state index contributed by atoms with van der Waals surface area (Å²) < 4.78 is 18.9. The smallest absolute Gasteiger partial charge is 0.335 e. The molecule has 1 aliphatic heterocycles. The van der Waals surface area contributed by atoms with Crippen molar-refractivity contribution >= 4 is 11.9 Å². The summed E-state index contributed by atoms with van der Waals surface area (Å²) in [6.07, 6.45) is 0.587. The van der Waals surface area contributed by atoms with Gasteiger partial charge in [0, 0.05) is 13.1 Å². The summed E-state index contributed by atoms with van der Waals surface area (Å²) in [6, 6.07) is 19.9. The second-order valence-corrected chi connectivity index (χ2v) is 8.42. The van der Waals surface area contributed by atoms with Crippen LogP contribution in [0.5, 0.6) is 5.75 Å². The highest BCUT2D eigenvalue weighted by Gasteiger charge is 2.32. The number of hydrogen-bond acceptors (Lipinski definition) is 4. The van der Waals surface area contributed by atoms with E-state index in [-0.39, 0.29) is 29.4 Å². The Morgan fingerprint density at radius 3 is 2.41 bits per heavy atom. The lowest BCUT2D eigenvalue weighted by Crippen LogP contribution is -2.51. The highest BCUT2D eigenvalue weighted by Crippen LogP contribution is 2.24. The van der Waals surface area contributed by atoms with Crippen molar-refractivity contribution in [1.29, 1.82) is 0 Å². The topological polar surface area (TPSA) is 78.9 Å². The third kappa shape index (κ3) is 5.61. The maximum Gasteiger partial charge on any atom is 0.335 e. The molecular weight excluding hydrogens is 435 g/mol. The fraction of sp³-hybridized carbons (Fsp3) is 0.259. The van der Waals surface area contributed by atoms with Crippen molar-refractivity contribution in [3.8, 4) is 5.75 Å². The molecule has 1 heterocycles. The van der Waals surface area contributed by atoms with Crippen molar-refractivity contribution in [3.05, 3.63) is 101 Å². The number of carbonyl (C=O) groups excluding carboxylic acids is 1. The molecule has 2 atom stereocenters. The molecule has 0 bridgehead atoms. The maximum atomic E-state index is 13.3. The van der Waals surface area contributed by atoms with Gasteiger partial charge in [0.1, 0.15) is 18.2 Å². The first kappa shape index (κ1) is 23.4. The number of hydrogen-bond donors (Lipinski definition) is 2. The quantitative estimate of drug-likeness (QED) is 0.524. The largest absolute Gasteiger partial charge is 0.492 e. The number of benzene rings is 3. The number of nitrogens with zero attached hydrogens (tertiary/aromatic N) is 1. The Kier molecular flexibility index (Phi) is 7.23. The van der Waals surface area contributed by atoms with Crippen LogP contribution in [-0.4, -0.2) is 41.1 Å². The SMILES string of the molecule is C[C@H](NC(=O)[C@H]1Cc2ccccc2CN1CCOc1ccc(F)cc1)c1ccc(C(=O)O)cc1. The predicted octanol–water partition coefficient (Wildman–Crippen LogP) is 4.21. The van der Waals surface area contributed by atoms with Crippen LogP contribution in [-0.2, 0) is 17.8 Å². The molecule has 0 saturated carbocycles. The molecule has 3 aromatic carbocycles. The van der Waals surface area contributed by atoms with Crippen molar-refractivity contribution in [2.24, 2.45) is 0 Å². The lowest BCUT2D eigenvalue weighted by Gasteiger charge is -2.36. The summed E-state index contributed by atoms with van der Waals surface area (Å²) in [4.78, 5) is 26.5. The van der Waals surface area contributed by atoms with Crippen LogP contribution >= 0.6 is 0 Å². The molecule has 7 heteroatoms. The normalized spacial score (nSPS) is 16.4. The van der Waals surface area contributed by atoms with E-state index in [0.29, 0.717) is 31.9 Å². The van der Waals surface area contributed by atoms with Crippen LogP contribution in [0.25, 0.3) is 0 Å². The van der Waals surface area contributed by atoms with Gasteiger partial charge in [-0.05, 0) is 66.4 Å². The molecule has 1 aliphatic rings. The summed E-state index contributed by atoms with van der Waals surface area (Å²) in [5.74, 6) is -0.810. The van der Waals surface area contributed by atoms with Gasteiger partial charge in [-0.25, -0.2) is 9.18 Å². The first-order valence-corrected chi connectivity index (χ1v) is 11.2. The molecular formula is C27H27FN2O4. The second-order valence-electron chi connectivity index (χ2n) is 8.42. The van der Waals surface area contributed by atoms with Crippen LogP contribution in [0.1, 0.15) is 40.0 Å². The van der Waals surface area contributed by atoms with E-state index in [4.69, 9.17) is 9.84 Å². The number of rotatable bonds is 8. The zero-order chi connectivity index (χ0) is 24.1. The predicted molar refractivity (Wildman–Crippen MR) is 126 cm³/mol. The Morgan fingerprint density at radius 1 is 1.06 bits per heavy atom. The minimum Gasteiger partial charge on any atom is -0.492 e. The Morgan fingerprint density at radius 2 is 1.74 bits per heavy atom. The highest BCUT2D eigenvalue weighted by molar-refractivity contribution is 5.87. The number of fused-ring (bicyclic) bond motifs is 1. The van der Waals surface area contributed by atoms with Crippen molar-refractivity contribution < 1.29 is 23.8 Å². The Labute approximate surface area is 198 Å². The Bertz CT molecular complexity index is 1150. The molecule has 2 N–H and O–H groups in total. The van der Waals surface area contributed by atoms with E-state index in [9.17, 15) is 14.0 Å². The fourth-order valence-electron chi connectivity index (χ4n) is 4.19. The van der Waals surface area contributed by atoms with Crippen LogP contribution in [0, 0.1) is 5.82 Å². The standard InChI is InChI=1S/C27H27FN2O4/c1-18(19-6-8-20(9-7-19)27(32)33)29-26(31)25-16-21-4-2-3-5-22(21)17-30(25)14-15-34-24-12-10-23(28)11-13-24/h2-13,18,25H,14-17H2,1H3,(H,29,31)(H,32,33)/t18-,25+/m0/s1. The van der Waals surface area contributed by atoms with Gasteiger partial charge in [0.2, 0.25) is 5.91 Å². The summed E-state index contributed by atoms with van der Waals surface area (Å²) in [7, 11) is 0. The summed E-state index contributed by atoms with van der Waals surface area (Å²) in [6.45, 7) is 3.41. The van der Waals surface area contributed by atoms with Crippen LogP contribution in [0.2, 0.25) is 0 Å². The number of halogens is 1. The van der Waals surface area contributed by atoms with Crippen LogP contribution in [0.3, 0.4) is 0 Å². The van der Waals surface area contributed by atoms with Gasteiger partial charge < -0.3 is 15.2 Å². The molecule has 4 rings (SSSR count). The zero-order valence-electron chi connectivity index (χ0n) is 18.9. The minimum atomic E-state index is -0.984. The summed E-state index contributed by atoms with van der Waals surface area (Å²) in [5, 5.41) is 12.2. The monoisotopic (exact) mass is 462 g/mol. The number of amides is 1. The van der Waals surface area contributed by atoms with Crippen LogP contribution in [0.4, 0.5) is 4.39 Å². The van der Waals surface area contributed by atoms with Gasteiger partial charge in [0.05, 0.1) is 17.6 Å². The van der Waals surface area contributed by atoms with Gasteiger partial charge in [-0.1, -0.05) is 36.4 Å². The van der Waals surface area contributed by atoms with Gasteiger partial charge in [-0.2, -0.15) is 0 Å². The van der Waals surface area contributed by atoms with Crippen molar-refractivity contribution in [1.82, 2.24) is 10.2 Å². The second kappa shape index (κ2) is 10.5. The van der Waals surface area contributed by atoms with Crippen molar-refractivity contribution in [2.75, 3.05) is 13.2 Å². The first-order valence-electron chi connectivity index (χ1n) is 11.2. The number of ether oxygens (including phenoxy) is 1. The number of aromatic carboxylic acids is 1. The molecule has 0 spiro atoms. The van der Waals surface area contributed by atoms with Crippen LogP contribution in [0.15, 0.2) is 72.8 Å². The lowest BCUT2D eigenvalue weighted by molar-refractivity contribution is -0.127. The molecule has 1 amide bonds. The van der Waals surface area contributed by atoms with Gasteiger partial charge >= 0.3 is 5.97 Å². The van der Waals surface area contributed by atoms with E-state index in [1.807, 2.05) is 19.1 Å². The molecule has 0 fully saturated rings. The van der Waals surface area contributed by atoms with Gasteiger partial charge in [-0.15, -0.1) is 0 Å². The van der Waals surface area contributed by atoms with Crippen molar-refractivity contribution in [2.45, 2.75) is 32.0 Å². The third-order valence-electron chi connectivity index (χ3n) is 6.13. The molecule has 176 valence electrons. The summed E-state index contributed by atoms with van der Waals surface area (Å²) >= 11 is 0. The molecule has 6 nitrogen and oxygen atoms in total. The number of carboxylic acid groups (broad SMARTS) is 1. The lowest BCUT2D eigenvalue weighted by atomic mass is 9.93. The number of carboxylic acids is 1. The van der Waals surface area contributed by atoms with Gasteiger partial charge in [0.25, 0.3) is 0 Å². The fourth-order valence-corrected chi connectivity index (χ4v) is 4.19. The molecule has 3 aromatic rings. The molecule has 0 radical (unpaired) electrons. The average molecular weight is 463 g/mol. The first-order chi connectivity index (χ1) is 16.4. The molecule has 0 aromatic heterocycles. The van der Waals surface area contributed by atoms with Gasteiger partial charge in [0.15, 0.2) is 0 Å². The molecule has 34 heavy (non-hydrogen) atoms. The van der Waals surface area contributed by atoms with E-state index >= 15 is 0 Å². The number of nitrogens with one attached hydrogen (secondary N) is 1. The maximum absolute atomic E-state index is 13.3.